The summed E-state index contributed by atoms with van der Waals surface area (Å²) in [6, 6.07) is 4.18. The van der Waals surface area contributed by atoms with Crippen molar-refractivity contribution in [1.82, 2.24) is 0 Å². The Morgan fingerprint density at radius 3 is 2.45 bits per heavy atom. The molecule has 0 saturated heterocycles. The predicted octanol–water partition coefficient (Wildman–Crippen LogP) is 3.89. The highest BCUT2D eigenvalue weighted by atomic mass is 127. The molecule has 0 aliphatic heterocycles. The standard InChI is InChI=1S/C9H10ClI/c1-6-3-7(2)8(5-11)9(10)4-6/h3-4H,5H2,1-2H3. The first-order valence-corrected chi connectivity index (χ1v) is 5.37. The number of benzene rings is 1. The normalized spacial score (nSPS) is 10.2. The first-order chi connectivity index (χ1) is 5.15. The lowest BCUT2D eigenvalue weighted by molar-refractivity contribution is 1.29. The van der Waals surface area contributed by atoms with E-state index in [2.05, 4.69) is 42.5 Å². The fourth-order valence-electron chi connectivity index (χ4n) is 1.11. The zero-order valence-electron chi connectivity index (χ0n) is 6.62. The molecule has 0 radical (unpaired) electrons. The third-order valence-corrected chi connectivity index (χ3v) is 2.80. The van der Waals surface area contributed by atoms with Crippen molar-refractivity contribution in [3.63, 3.8) is 0 Å². The summed E-state index contributed by atoms with van der Waals surface area (Å²) in [5, 5.41) is 0.900. The van der Waals surface area contributed by atoms with Crippen LogP contribution in [0.4, 0.5) is 0 Å². The topological polar surface area (TPSA) is 0 Å². The number of hydrogen-bond donors (Lipinski definition) is 0. The van der Waals surface area contributed by atoms with Crippen molar-refractivity contribution in [3.8, 4) is 0 Å². The fraction of sp³-hybridized carbons (Fsp3) is 0.333. The molecule has 0 N–H and O–H groups in total. The zero-order chi connectivity index (χ0) is 8.43. The van der Waals surface area contributed by atoms with Gasteiger partial charge >= 0.3 is 0 Å². The maximum Gasteiger partial charge on any atom is 0.0451 e. The van der Waals surface area contributed by atoms with Crippen LogP contribution in [0.1, 0.15) is 16.7 Å². The van der Waals surface area contributed by atoms with Crippen LogP contribution in [-0.2, 0) is 4.43 Å². The monoisotopic (exact) mass is 280 g/mol. The van der Waals surface area contributed by atoms with Gasteiger partial charge in [-0.1, -0.05) is 40.3 Å². The van der Waals surface area contributed by atoms with Gasteiger partial charge in [-0.2, -0.15) is 0 Å². The first-order valence-electron chi connectivity index (χ1n) is 3.46. The van der Waals surface area contributed by atoms with Crippen LogP contribution in [0.25, 0.3) is 0 Å². The SMILES string of the molecule is Cc1cc(C)c(CI)c(Cl)c1. The number of halogens is 2. The molecule has 0 aliphatic carbocycles. The highest BCUT2D eigenvalue weighted by Gasteiger charge is 2.02. The van der Waals surface area contributed by atoms with Gasteiger partial charge in [0.25, 0.3) is 0 Å². The lowest BCUT2D eigenvalue weighted by atomic mass is 10.1. The third kappa shape index (κ3) is 2.09. The number of hydrogen-bond acceptors (Lipinski definition) is 0. The molecule has 0 fully saturated rings. The van der Waals surface area contributed by atoms with Gasteiger partial charge in [0, 0.05) is 9.45 Å². The highest BCUT2D eigenvalue weighted by molar-refractivity contribution is 14.1. The summed E-state index contributed by atoms with van der Waals surface area (Å²) in [7, 11) is 0. The van der Waals surface area contributed by atoms with Crippen LogP contribution in [0, 0.1) is 13.8 Å². The highest BCUT2D eigenvalue weighted by Crippen LogP contribution is 2.23. The van der Waals surface area contributed by atoms with Gasteiger partial charge in [-0.25, -0.2) is 0 Å². The molecular weight excluding hydrogens is 270 g/mol. The summed E-state index contributed by atoms with van der Waals surface area (Å²) in [4.78, 5) is 0. The average molecular weight is 281 g/mol. The largest absolute Gasteiger partial charge is 0.0840 e. The van der Waals surface area contributed by atoms with Gasteiger partial charge in [0.05, 0.1) is 0 Å². The number of aryl methyl sites for hydroxylation is 2. The van der Waals surface area contributed by atoms with Crippen LogP contribution in [0.15, 0.2) is 12.1 Å². The lowest BCUT2D eigenvalue weighted by Gasteiger charge is -2.05. The molecule has 0 aliphatic rings. The van der Waals surface area contributed by atoms with Crippen molar-refractivity contribution in [2.75, 3.05) is 0 Å². The van der Waals surface area contributed by atoms with Gasteiger partial charge in [-0.3, -0.25) is 0 Å². The molecule has 60 valence electrons. The number of rotatable bonds is 1. The summed E-state index contributed by atoms with van der Waals surface area (Å²) in [5.41, 5.74) is 3.79. The minimum absolute atomic E-state index is 0.900. The summed E-state index contributed by atoms with van der Waals surface area (Å²) < 4.78 is 0.989. The summed E-state index contributed by atoms with van der Waals surface area (Å²) >= 11 is 8.36. The molecule has 0 spiro atoms. The summed E-state index contributed by atoms with van der Waals surface area (Å²) in [6.45, 7) is 4.17. The Kier molecular flexibility index (Phi) is 3.19. The van der Waals surface area contributed by atoms with E-state index < -0.39 is 0 Å². The Morgan fingerprint density at radius 1 is 1.36 bits per heavy atom. The Balaban J connectivity index is 3.25. The third-order valence-electron chi connectivity index (χ3n) is 1.70. The second-order valence-electron chi connectivity index (χ2n) is 2.68. The van der Waals surface area contributed by atoms with Crippen LogP contribution in [0.3, 0.4) is 0 Å². The van der Waals surface area contributed by atoms with E-state index in [0.29, 0.717) is 0 Å². The molecule has 0 amide bonds. The van der Waals surface area contributed by atoms with Crippen molar-refractivity contribution in [2.45, 2.75) is 18.3 Å². The van der Waals surface area contributed by atoms with Crippen LogP contribution in [-0.4, -0.2) is 0 Å². The van der Waals surface area contributed by atoms with Crippen LogP contribution in [0.2, 0.25) is 5.02 Å². The minimum Gasteiger partial charge on any atom is -0.0840 e. The Morgan fingerprint density at radius 2 is 2.00 bits per heavy atom. The van der Waals surface area contributed by atoms with Crippen molar-refractivity contribution >= 4 is 34.2 Å². The van der Waals surface area contributed by atoms with E-state index in [4.69, 9.17) is 11.6 Å². The molecule has 0 heterocycles. The van der Waals surface area contributed by atoms with E-state index in [1.165, 1.54) is 16.7 Å². The molecule has 0 saturated carbocycles. The molecule has 11 heavy (non-hydrogen) atoms. The van der Waals surface area contributed by atoms with E-state index in [9.17, 15) is 0 Å². The Labute approximate surface area is 86.1 Å². The van der Waals surface area contributed by atoms with E-state index in [1.807, 2.05) is 6.07 Å². The van der Waals surface area contributed by atoms with E-state index in [1.54, 1.807) is 0 Å². The van der Waals surface area contributed by atoms with E-state index >= 15 is 0 Å². The van der Waals surface area contributed by atoms with Gasteiger partial charge < -0.3 is 0 Å². The van der Waals surface area contributed by atoms with Gasteiger partial charge in [0.2, 0.25) is 0 Å². The van der Waals surface area contributed by atoms with Crippen LogP contribution in [0.5, 0.6) is 0 Å². The maximum absolute atomic E-state index is 6.03. The van der Waals surface area contributed by atoms with Crippen molar-refractivity contribution in [1.29, 1.82) is 0 Å². The molecule has 1 rings (SSSR count). The van der Waals surface area contributed by atoms with Gasteiger partial charge in [0.1, 0.15) is 0 Å². The second-order valence-corrected chi connectivity index (χ2v) is 3.85. The van der Waals surface area contributed by atoms with Crippen LogP contribution < -0.4 is 0 Å². The molecule has 0 aromatic heterocycles. The predicted molar refractivity (Wildman–Crippen MR) is 58.7 cm³/mol. The molecule has 0 nitrogen and oxygen atoms in total. The Hall–Kier alpha value is 0.240. The molecule has 0 unspecified atom stereocenters. The van der Waals surface area contributed by atoms with Gasteiger partial charge in [0.15, 0.2) is 0 Å². The van der Waals surface area contributed by atoms with Crippen molar-refractivity contribution in [2.24, 2.45) is 0 Å². The fourth-order valence-corrected chi connectivity index (χ4v) is 2.74. The minimum atomic E-state index is 0.900. The number of alkyl halides is 1. The molecule has 1 aromatic carbocycles. The van der Waals surface area contributed by atoms with E-state index in [-0.39, 0.29) is 0 Å². The Bertz CT molecular complexity index is 245. The first kappa shape index (κ1) is 9.33. The molecule has 0 atom stereocenters. The van der Waals surface area contributed by atoms with Gasteiger partial charge in [-0.15, -0.1) is 0 Å². The maximum atomic E-state index is 6.03. The van der Waals surface area contributed by atoms with Crippen molar-refractivity contribution < 1.29 is 0 Å². The average Bonchev–Trinajstić information content (AvgIpc) is 1.85. The molecule has 1 aromatic rings. The van der Waals surface area contributed by atoms with E-state index in [0.717, 1.165) is 9.45 Å². The van der Waals surface area contributed by atoms with Gasteiger partial charge in [-0.05, 0) is 36.6 Å². The smallest absolute Gasteiger partial charge is 0.0451 e. The van der Waals surface area contributed by atoms with Crippen molar-refractivity contribution in [3.05, 3.63) is 33.8 Å². The molecule has 2 heteroatoms. The lowest BCUT2D eigenvalue weighted by Crippen LogP contribution is -1.87. The van der Waals surface area contributed by atoms with Crippen LogP contribution >= 0.6 is 34.2 Å². The zero-order valence-corrected chi connectivity index (χ0v) is 9.53. The molecular formula is C9H10ClI. The molecule has 0 bridgehead atoms. The summed E-state index contributed by atoms with van der Waals surface area (Å²) in [5.74, 6) is 0. The summed E-state index contributed by atoms with van der Waals surface area (Å²) in [6.07, 6.45) is 0. The quantitative estimate of drug-likeness (QED) is 0.541. The second kappa shape index (κ2) is 3.76.